The lowest BCUT2D eigenvalue weighted by molar-refractivity contribution is -0.143. The van der Waals surface area contributed by atoms with Crippen LogP contribution in [0, 0.1) is 13.8 Å². The van der Waals surface area contributed by atoms with Crippen LogP contribution in [0.25, 0.3) is 11.0 Å². The van der Waals surface area contributed by atoms with Crippen molar-refractivity contribution in [1.82, 2.24) is 20.1 Å². The smallest absolute Gasteiger partial charge is 0.308 e. The number of carbonyl (C=O) groups excluding carboxylic acids is 2. The molecule has 0 fully saturated rings. The van der Waals surface area contributed by atoms with Crippen LogP contribution >= 0.6 is 0 Å². The van der Waals surface area contributed by atoms with Gasteiger partial charge in [-0.3, -0.25) is 9.59 Å². The molecule has 1 N–H and O–H groups in total. The third-order valence-electron chi connectivity index (χ3n) is 5.53. The van der Waals surface area contributed by atoms with E-state index in [1.54, 1.807) is 18.7 Å². The van der Waals surface area contributed by atoms with E-state index in [1.807, 2.05) is 51.2 Å². The van der Waals surface area contributed by atoms with Gasteiger partial charge in [-0.25, -0.2) is 9.67 Å². The molecule has 1 unspecified atom stereocenters. The lowest BCUT2D eigenvalue weighted by Crippen LogP contribution is -2.31. The molecular formula is C24H30N4O4. The molecule has 32 heavy (non-hydrogen) atoms. The van der Waals surface area contributed by atoms with E-state index in [1.165, 1.54) is 0 Å². The average Bonchev–Trinajstić information content (AvgIpc) is 3.09. The average molecular weight is 439 g/mol. The van der Waals surface area contributed by atoms with Gasteiger partial charge >= 0.3 is 5.97 Å². The first kappa shape index (κ1) is 23.2. The molecule has 8 nitrogen and oxygen atoms in total. The molecule has 0 saturated heterocycles. The first-order chi connectivity index (χ1) is 15.3. The van der Waals surface area contributed by atoms with Gasteiger partial charge in [0.15, 0.2) is 5.65 Å². The molecule has 3 aromatic rings. The first-order valence-corrected chi connectivity index (χ1v) is 10.7. The predicted molar refractivity (Wildman–Crippen MR) is 121 cm³/mol. The fourth-order valence-corrected chi connectivity index (χ4v) is 3.94. The highest BCUT2D eigenvalue weighted by Gasteiger charge is 2.21. The summed E-state index contributed by atoms with van der Waals surface area (Å²) in [6, 6.07) is 9.01. The van der Waals surface area contributed by atoms with Gasteiger partial charge in [0, 0.05) is 19.2 Å². The Morgan fingerprint density at radius 2 is 1.91 bits per heavy atom. The Hall–Kier alpha value is -3.42. The summed E-state index contributed by atoms with van der Waals surface area (Å²) in [7, 11) is 3.42. The Morgan fingerprint density at radius 1 is 1.19 bits per heavy atom. The number of pyridine rings is 1. The molecule has 1 amide bonds. The lowest BCUT2D eigenvalue weighted by Gasteiger charge is -2.19. The van der Waals surface area contributed by atoms with Crippen LogP contribution in [0.3, 0.4) is 0 Å². The minimum Gasteiger partial charge on any atom is -0.479 e. The molecule has 1 aromatic carbocycles. The van der Waals surface area contributed by atoms with Gasteiger partial charge in [0.2, 0.25) is 11.8 Å². The van der Waals surface area contributed by atoms with Gasteiger partial charge in [0.1, 0.15) is 0 Å². The molecule has 3 rings (SSSR count). The van der Waals surface area contributed by atoms with Crippen molar-refractivity contribution in [2.75, 3.05) is 13.7 Å². The van der Waals surface area contributed by atoms with Crippen LogP contribution in [0.2, 0.25) is 0 Å². The van der Waals surface area contributed by atoms with Crippen LogP contribution in [-0.4, -0.2) is 40.4 Å². The minimum atomic E-state index is -0.441. The summed E-state index contributed by atoms with van der Waals surface area (Å²) in [4.78, 5) is 29.6. The summed E-state index contributed by atoms with van der Waals surface area (Å²) in [5.41, 5.74) is 4.49. The van der Waals surface area contributed by atoms with Gasteiger partial charge in [0.25, 0.3) is 0 Å². The van der Waals surface area contributed by atoms with Gasteiger partial charge in [-0.2, -0.15) is 0 Å². The molecule has 0 aliphatic carbocycles. The monoisotopic (exact) mass is 438 g/mol. The number of rotatable bonds is 9. The van der Waals surface area contributed by atoms with Crippen molar-refractivity contribution in [1.29, 1.82) is 0 Å². The molecule has 0 radical (unpaired) electrons. The third-order valence-corrected chi connectivity index (χ3v) is 5.53. The van der Waals surface area contributed by atoms with Crippen molar-refractivity contribution >= 4 is 22.9 Å². The number of aryl methyl sites for hydroxylation is 3. The molecule has 2 heterocycles. The molecule has 2 aromatic heterocycles. The van der Waals surface area contributed by atoms with Crippen LogP contribution in [0.5, 0.6) is 5.88 Å². The van der Waals surface area contributed by atoms with E-state index in [0.29, 0.717) is 18.9 Å². The maximum atomic E-state index is 12.8. The summed E-state index contributed by atoms with van der Waals surface area (Å²) >= 11 is 0. The number of methoxy groups -OCH3 is 1. The van der Waals surface area contributed by atoms with Crippen molar-refractivity contribution in [2.45, 2.75) is 46.1 Å². The van der Waals surface area contributed by atoms with Crippen LogP contribution in [0.4, 0.5) is 0 Å². The van der Waals surface area contributed by atoms with E-state index in [-0.39, 0.29) is 24.7 Å². The standard InChI is InChI=1S/C24H30N4O4/c1-6-32-21(30)14-19(17-10-8-7-9-11-17)26-20(29)13-12-18-15(2)22-23(25-16(18)3)28(4)27-24(22)31-5/h7-11,19H,6,12-14H2,1-5H3,(H,26,29). The maximum absolute atomic E-state index is 12.8. The second kappa shape index (κ2) is 10.3. The first-order valence-electron chi connectivity index (χ1n) is 10.7. The van der Waals surface area contributed by atoms with Crippen molar-refractivity contribution in [3.05, 3.63) is 52.7 Å². The number of nitrogens with zero attached hydrogens (tertiary/aromatic N) is 3. The van der Waals surface area contributed by atoms with Crippen LogP contribution in [-0.2, 0) is 27.8 Å². The molecule has 0 saturated carbocycles. The summed E-state index contributed by atoms with van der Waals surface area (Å²) in [5, 5.41) is 8.23. The normalized spacial score (nSPS) is 11.9. The number of carbonyl (C=O) groups is 2. The van der Waals surface area contributed by atoms with Crippen molar-refractivity contribution < 1.29 is 19.1 Å². The van der Waals surface area contributed by atoms with Gasteiger partial charge in [0.05, 0.1) is 31.6 Å². The molecule has 0 bridgehead atoms. The number of amides is 1. The summed E-state index contributed by atoms with van der Waals surface area (Å²) in [6.07, 6.45) is 0.872. The number of fused-ring (bicyclic) bond motifs is 1. The third kappa shape index (κ3) is 5.07. The molecule has 0 spiro atoms. The van der Waals surface area contributed by atoms with E-state index in [2.05, 4.69) is 15.4 Å². The zero-order chi connectivity index (χ0) is 23.3. The van der Waals surface area contributed by atoms with E-state index >= 15 is 0 Å². The molecular weight excluding hydrogens is 408 g/mol. The summed E-state index contributed by atoms with van der Waals surface area (Å²) < 4.78 is 12.2. The predicted octanol–water partition coefficient (Wildman–Crippen LogP) is 3.34. The van der Waals surface area contributed by atoms with Crippen LogP contribution in [0.1, 0.15) is 48.2 Å². The van der Waals surface area contributed by atoms with E-state index in [4.69, 9.17) is 9.47 Å². The SMILES string of the molecule is CCOC(=O)CC(NC(=O)CCc1c(C)nc2c(c(OC)nn2C)c1C)c1ccccc1. The van der Waals surface area contributed by atoms with Gasteiger partial charge in [-0.15, -0.1) is 5.10 Å². The number of aromatic nitrogens is 3. The fraction of sp³-hybridized carbons (Fsp3) is 0.417. The molecule has 0 aliphatic rings. The Morgan fingerprint density at radius 3 is 2.56 bits per heavy atom. The zero-order valence-electron chi connectivity index (χ0n) is 19.3. The number of esters is 1. The van der Waals surface area contributed by atoms with E-state index in [9.17, 15) is 9.59 Å². The highest BCUT2D eigenvalue weighted by Crippen LogP contribution is 2.30. The largest absolute Gasteiger partial charge is 0.479 e. The van der Waals surface area contributed by atoms with Crippen molar-refractivity contribution in [3.63, 3.8) is 0 Å². The lowest BCUT2D eigenvalue weighted by atomic mass is 9.99. The Bertz CT molecular complexity index is 1110. The van der Waals surface area contributed by atoms with Gasteiger partial charge < -0.3 is 14.8 Å². The number of hydrogen-bond acceptors (Lipinski definition) is 6. The number of hydrogen-bond donors (Lipinski definition) is 1. The number of nitrogens with one attached hydrogen (secondary N) is 1. The topological polar surface area (TPSA) is 95.3 Å². The fourth-order valence-electron chi connectivity index (χ4n) is 3.94. The van der Waals surface area contributed by atoms with Gasteiger partial charge in [-0.1, -0.05) is 30.3 Å². The van der Waals surface area contributed by atoms with E-state index < -0.39 is 6.04 Å². The minimum absolute atomic E-state index is 0.0854. The summed E-state index contributed by atoms with van der Waals surface area (Å²) in [5.74, 6) is 0.0450. The van der Waals surface area contributed by atoms with Crippen LogP contribution < -0.4 is 10.1 Å². The van der Waals surface area contributed by atoms with Crippen molar-refractivity contribution in [3.8, 4) is 5.88 Å². The van der Waals surface area contributed by atoms with E-state index in [0.717, 1.165) is 33.4 Å². The highest BCUT2D eigenvalue weighted by atomic mass is 16.5. The summed E-state index contributed by atoms with van der Waals surface area (Å²) in [6.45, 7) is 6.01. The van der Waals surface area contributed by atoms with Crippen LogP contribution in [0.15, 0.2) is 30.3 Å². The Labute approximate surface area is 187 Å². The van der Waals surface area contributed by atoms with Gasteiger partial charge in [-0.05, 0) is 43.9 Å². The van der Waals surface area contributed by atoms with Crippen molar-refractivity contribution in [2.24, 2.45) is 7.05 Å². The zero-order valence-corrected chi connectivity index (χ0v) is 19.3. The second-order valence-electron chi connectivity index (χ2n) is 7.67. The maximum Gasteiger partial charge on any atom is 0.308 e. The quantitative estimate of drug-likeness (QED) is 0.515. The second-order valence-corrected chi connectivity index (χ2v) is 7.67. The molecule has 0 aliphatic heterocycles. The molecule has 170 valence electrons. The number of benzene rings is 1. The Balaban J connectivity index is 1.76. The molecule has 1 atom stereocenters. The molecule has 8 heteroatoms. The number of ether oxygens (including phenoxy) is 2. The highest BCUT2D eigenvalue weighted by molar-refractivity contribution is 5.86. The Kier molecular flexibility index (Phi) is 7.45.